The fourth-order valence-electron chi connectivity index (χ4n) is 8.79. The van der Waals surface area contributed by atoms with Gasteiger partial charge in [-0.1, -0.05) is 31.2 Å². The number of esters is 1. The van der Waals surface area contributed by atoms with Gasteiger partial charge in [0.05, 0.1) is 60.3 Å². The Labute approximate surface area is 348 Å². The Morgan fingerprint density at radius 1 is 0.831 bits per heavy atom. The summed E-state index contributed by atoms with van der Waals surface area (Å²) in [6.45, 7) is 11.7. The van der Waals surface area contributed by atoms with E-state index in [4.69, 9.17) is 37.9 Å². The molecule has 6 N–H and O–H groups in total. The third kappa shape index (κ3) is 12.8. The van der Waals surface area contributed by atoms with Gasteiger partial charge in [-0.05, 0) is 73.9 Å². The second-order valence-corrected chi connectivity index (χ2v) is 17.7. The van der Waals surface area contributed by atoms with Crippen LogP contribution in [0.4, 0.5) is 0 Å². The lowest BCUT2D eigenvalue weighted by atomic mass is 9.82. The highest BCUT2D eigenvalue weighted by Gasteiger charge is 2.52. The minimum Gasteiger partial charge on any atom is -0.462 e. The summed E-state index contributed by atoms with van der Waals surface area (Å²) in [7, 11) is 4.85. The zero-order valence-corrected chi connectivity index (χ0v) is 36.2. The molecule has 0 aliphatic carbocycles. The van der Waals surface area contributed by atoms with E-state index in [0.717, 1.165) is 6.29 Å². The summed E-state index contributed by atoms with van der Waals surface area (Å²) in [5, 5.41) is 66.5. The lowest BCUT2D eigenvalue weighted by molar-refractivity contribution is -0.344. The zero-order chi connectivity index (χ0) is 44.0. The summed E-state index contributed by atoms with van der Waals surface area (Å²) in [6, 6.07) is -0.763. The maximum atomic E-state index is 13.1. The first-order chi connectivity index (χ1) is 27.6. The Hall–Kier alpha value is -1.94. The van der Waals surface area contributed by atoms with E-state index in [1.807, 2.05) is 19.1 Å². The molecule has 0 spiro atoms. The third-order valence-electron chi connectivity index (χ3n) is 12.1. The zero-order valence-electron chi connectivity index (χ0n) is 36.2. The van der Waals surface area contributed by atoms with Gasteiger partial charge in [0.2, 0.25) is 0 Å². The van der Waals surface area contributed by atoms with Crippen LogP contribution in [0.5, 0.6) is 0 Å². The summed E-state index contributed by atoms with van der Waals surface area (Å²) in [4.78, 5) is 27.3. The molecule has 20 unspecified atom stereocenters. The molecule has 59 heavy (non-hydrogen) atoms. The number of aliphatic hydroxyl groups is 6. The molecule has 4 aliphatic rings. The normalized spacial score (nSPS) is 47.2. The van der Waals surface area contributed by atoms with Gasteiger partial charge in [-0.3, -0.25) is 4.79 Å². The van der Waals surface area contributed by atoms with Gasteiger partial charge < -0.3 is 78.2 Å². The van der Waals surface area contributed by atoms with Crippen LogP contribution in [0.25, 0.3) is 0 Å². The van der Waals surface area contributed by atoms with Crippen LogP contribution in [0.2, 0.25) is 0 Å². The first-order valence-electron chi connectivity index (χ1n) is 20.9. The Balaban J connectivity index is 1.68. The van der Waals surface area contributed by atoms with Crippen LogP contribution in [0.1, 0.15) is 87.0 Å². The lowest BCUT2D eigenvalue weighted by Crippen LogP contribution is -2.65. The van der Waals surface area contributed by atoms with E-state index in [1.54, 1.807) is 58.8 Å². The Morgan fingerprint density at radius 3 is 1.97 bits per heavy atom. The minimum absolute atomic E-state index is 0.00423. The van der Waals surface area contributed by atoms with Crippen LogP contribution in [0, 0.1) is 11.8 Å². The molecule has 0 saturated carbocycles. The first kappa shape index (κ1) is 49.7. The Kier molecular flexibility index (Phi) is 18.1. The van der Waals surface area contributed by atoms with Gasteiger partial charge in [0.15, 0.2) is 18.9 Å². The quantitative estimate of drug-likeness (QED) is 0.134. The molecular weight excluding hydrogens is 774 g/mol. The number of cyclic esters (lactones) is 1. The molecule has 3 fully saturated rings. The molecule has 4 aliphatic heterocycles. The summed E-state index contributed by atoms with van der Waals surface area (Å²) < 4.78 is 49.2. The van der Waals surface area contributed by atoms with Crippen LogP contribution in [-0.4, -0.2) is 178 Å². The van der Waals surface area contributed by atoms with Crippen LogP contribution in [0.15, 0.2) is 24.3 Å². The van der Waals surface area contributed by atoms with Gasteiger partial charge in [-0.2, -0.15) is 0 Å². The van der Waals surface area contributed by atoms with Crippen LogP contribution >= 0.6 is 0 Å². The number of aliphatic hydroxyl groups excluding tert-OH is 4. The Bertz CT molecular complexity index is 1390. The van der Waals surface area contributed by atoms with Crippen molar-refractivity contribution in [3.63, 3.8) is 0 Å². The number of rotatable bonds is 10. The van der Waals surface area contributed by atoms with Crippen molar-refractivity contribution in [3.8, 4) is 0 Å². The molecule has 4 heterocycles. The number of allylic oxidation sites excluding steroid dienone is 2. The number of carbonyl (C=O) groups is 2. The monoisotopic (exact) mass is 845 g/mol. The molecule has 0 aromatic heterocycles. The van der Waals surface area contributed by atoms with Crippen molar-refractivity contribution >= 4 is 12.3 Å². The average Bonchev–Trinajstić information content (AvgIpc) is 3.12. The predicted molar refractivity (Wildman–Crippen MR) is 211 cm³/mol. The number of aldehydes is 1. The fourth-order valence-corrected chi connectivity index (χ4v) is 8.79. The second kappa shape index (κ2) is 21.4. The van der Waals surface area contributed by atoms with Crippen LogP contribution in [0.3, 0.4) is 0 Å². The molecule has 0 bridgehead atoms. The van der Waals surface area contributed by atoms with E-state index < -0.39 is 128 Å². The smallest absolute Gasteiger partial charge is 0.308 e. The van der Waals surface area contributed by atoms with E-state index in [-0.39, 0.29) is 31.6 Å². The van der Waals surface area contributed by atoms with Crippen LogP contribution in [-0.2, 0) is 47.5 Å². The number of ether oxygens (including phenoxy) is 8. The van der Waals surface area contributed by atoms with Crippen molar-refractivity contribution in [3.05, 3.63) is 24.3 Å². The van der Waals surface area contributed by atoms with Gasteiger partial charge in [0.1, 0.15) is 42.9 Å². The number of methoxy groups -OCH3 is 1. The van der Waals surface area contributed by atoms with Crippen molar-refractivity contribution in [2.45, 2.75) is 196 Å². The molecule has 340 valence electrons. The molecule has 4 rings (SSSR count). The van der Waals surface area contributed by atoms with Gasteiger partial charge in [-0.25, -0.2) is 0 Å². The highest BCUT2D eigenvalue weighted by molar-refractivity contribution is 5.70. The first-order valence-corrected chi connectivity index (χ1v) is 20.9. The summed E-state index contributed by atoms with van der Waals surface area (Å²) in [5.41, 5.74) is -2.97. The molecular formula is C42H71NO16. The van der Waals surface area contributed by atoms with Crippen molar-refractivity contribution < 1.29 is 78.1 Å². The fraction of sp³-hybridized carbons (Fsp3) is 0.857. The molecule has 0 amide bonds. The standard InChI is InChI=1S/C42H71NO16/c1-22-18-27(16-17-44)36(59-40-34(47)33(43(8)9)35(24(3)56-40)58-32-21-42(7,51)39(49)26(5)55-32)37(52-10)28(45)19-30(46)53-23(2)14-12-11-13-15-29(22)57-31-20-41(6,50)38(48)25(4)54-31/h11-13,15,17,22-29,31-40,45,47-51H,14,16,18-21H2,1-10H3. The van der Waals surface area contributed by atoms with Gasteiger partial charge in [0, 0.05) is 32.8 Å². The number of carbonyl (C=O) groups excluding carboxylic acids is 2. The van der Waals surface area contributed by atoms with Gasteiger partial charge in [-0.15, -0.1) is 0 Å². The van der Waals surface area contributed by atoms with E-state index >= 15 is 0 Å². The number of hydrogen-bond acceptors (Lipinski definition) is 17. The molecule has 0 aromatic carbocycles. The van der Waals surface area contributed by atoms with E-state index in [1.165, 1.54) is 21.0 Å². The van der Waals surface area contributed by atoms with E-state index in [0.29, 0.717) is 6.42 Å². The Morgan fingerprint density at radius 2 is 1.42 bits per heavy atom. The van der Waals surface area contributed by atoms with E-state index in [2.05, 4.69) is 0 Å². The highest BCUT2D eigenvalue weighted by Crippen LogP contribution is 2.38. The van der Waals surface area contributed by atoms with Crippen molar-refractivity contribution in [2.24, 2.45) is 11.8 Å². The maximum Gasteiger partial charge on any atom is 0.308 e. The molecule has 17 nitrogen and oxygen atoms in total. The number of nitrogens with zero attached hydrogens (tertiary/aromatic N) is 1. The highest BCUT2D eigenvalue weighted by atomic mass is 16.7. The van der Waals surface area contributed by atoms with E-state index in [9.17, 15) is 40.2 Å². The van der Waals surface area contributed by atoms with Crippen molar-refractivity contribution in [1.29, 1.82) is 0 Å². The van der Waals surface area contributed by atoms with Crippen molar-refractivity contribution in [2.75, 3.05) is 21.2 Å². The molecule has 0 radical (unpaired) electrons. The number of likely N-dealkylation sites (N-methyl/N-ethyl adjacent to an activating group) is 1. The average molecular weight is 846 g/mol. The van der Waals surface area contributed by atoms with Gasteiger partial charge in [0.25, 0.3) is 0 Å². The third-order valence-corrected chi connectivity index (χ3v) is 12.1. The molecule has 17 heteroatoms. The molecule has 20 atom stereocenters. The lowest BCUT2D eigenvalue weighted by Gasteiger charge is -2.50. The number of hydrogen-bond donors (Lipinski definition) is 6. The summed E-state index contributed by atoms with van der Waals surface area (Å²) in [5.74, 6) is -1.74. The second-order valence-electron chi connectivity index (χ2n) is 17.7. The summed E-state index contributed by atoms with van der Waals surface area (Å²) >= 11 is 0. The predicted octanol–water partition coefficient (Wildman–Crippen LogP) is 1.12. The maximum absolute atomic E-state index is 13.1. The molecule has 3 saturated heterocycles. The topological polar surface area (TPSA) is 233 Å². The summed E-state index contributed by atoms with van der Waals surface area (Å²) in [6.07, 6.45) is -6.83. The SMILES string of the molecule is COC1C(O)CC(=O)OC(C)CC=CC=CC(OC2CC(C)(O)C(O)C(C)O2)C(C)CC(CC=O)C1OC1OC(C)C(OC2CC(C)(O)C(O)C(C)O2)C(N(C)C)C1O. The van der Waals surface area contributed by atoms with Crippen molar-refractivity contribution in [1.82, 2.24) is 4.90 Å². The minimum atomic E-state index is -1.49. The van der Waals surface area contributed by atoms with Crippen LogP contribution < -0.4 is 0 Å². The largest absolute Gasteiger partial charge is 0.462 e. The van der Waals surface area contributed by atoms with Gasteiger partial charge >= 0.3 is 5.97 Å². The molecule has 0 aromatic rings.